The highest BCUT2D eigenvalue weighted by atomic mass is 32.1. The molecule has 4 rings (SSSR count). The van der Waals surface area contributed by atoms with Crippen molar-refractivity contribution in [2.75, 3.05) is 18.0 Å². The van der Waals surface area contributed by atoms with E-state index in [0.29, 0.717) is 5.92 Å². The Morgan fingerprint density at radius 3 is 2.83 bits per heavy atom. The first-order valence-electron chi connectivity index (χ1n) is 7.96. The van der Waals surface area contributed by atoms with Gasteiger partial charge in [0.15, 0.2) is 0 Å². The van der Waals surface area contributed by atoms with E-state index in [2.05, 4.69) is 27.9 Å². The van der Waals surface area contributed by atoms with Crippen LogP contribution in [0.2, 0.25) is 0 Å². The number of aromatic nitrogens is 2. The van der Waals surface area contributed by atoms with Gasteiger partial charge in [-0.05, 0) is 42.5 Å². The lowest BCUT2D eigenvalue weighted by Crippen LogP contribution is -2.34. The third-order valence-electron chi connectivity index (χ3n) is 4.38. The van der Waals surface area contributed by atoms with E-state index in [-0.39, 0.29) is 5.82 Å². The summed E-state index contributed by atoms with van der Waals surface area (Å²) in [5.41, 5.74) is 1.99. The van der Waals surface area contributed by atoms with Crippen molar-refractivity contribution >= 4 is 27.4 Å². The molecule has 0 unspecified atom stereocenters. The molecule has 3 nitrogen and oxygen atoms in total. The smallest absolute Gasteiger partial charge is 0.150 e. The van der Waals surface area contributed by atoms with Gasteiger partial charge >= 0.3 is 0 Å². The maximum atomic E-state index is 13.1. The molecular weight excluding hydrogens is 309 g/mol. The minimum atomic E-state index is -0.211. The van der Waals surface area contributed by atoms with Crippen LogP contribution < -0.4 is 4.90 Å². The number of hydrogen-bond acceptors (Lipinski definition) is 4. The Balaban J connectivity index is 1.76. The number of rotatable bonds is 2. The fourth-order valence-electron chi connectivity index (χ4n) is 3.21. The number of nitrogens with zero attached hydrogens (tertiary/aromatic N) is 3. The molecule has 0 amide bonds. The lowest BCUT2D eigenvalue weighted by atomic mass is 10.0. The highest BCUT2D eigenvalue weighted by Gasteiger charge is 2.21. The minimum absolute atomic E-state index is 0.211. The van der Waals surface area contributed by atoms with Gasteiger partial charge < -0.3 is 4.90 Å². The first kappa shape index (κ1) is 14.6. The molecule has 5 heteroatoms. The second kappa shape index (κ2) is 5.89. The number of halogens is 1. The van der Waals surface area contributed by atoms with Crippen molar-refractivity contribution in [1.29, 1.82) is 0 Å². The molecule has 3 heterocycles. The van der Waals surface area contributed by atoms with Crippen LogP contribution in [0, 0.1) is 11.7 Å². The van der Waals surface area contributed by atoms with Gasteiger partial charge in [-0.15, -0.1) is 11.3 Å². The highest BCUT2D eigenvalue weighted by Crippen LogP contribution is 2.37. The van der Waals surface area contributed by atoms with Gasteiger partial charge in [-0.1, -0.05) is 19.1 Å². The molecule has 1 fully saturated rings. The number of benzene rings is 1. The Labute approximate surface area is 138 Å². The third-order valence-corrected chi connectivity index (χ3v) is 5.55. The van der Waals surface area contributed by atoms with Crippen LogP contribution in [-0.2, 0) is 0 Å². The number of anilines is 1. The van der Waals surface area contributed by atoms with Crippen molar-refractivity contribution in [3.8, 4) is 10.4 Å². The number of piperidine rings is 1. The molecular formula is C18H18FN3S. The summed E-state index contributed by atoms with van der Waals surface area (Å²) in [7, 11) is 0. The van der Waals surface area contributed by atoms with Crippen molar-refractivity contribution in [3.05, 3.63) is 42.5 Å². The van der Waals surface area contributed by atoms with Gasteiger partial charge in [-0.25, -0.2) is 14.4 Å². The van der Waals surface area contributed by atoms with E-state index in [1.807, 2.05) is 12.1 Å². The lowest BCUT2D eigenvalue weighted by molar-refractivity contribution is 0.445. The van der Waals surface area contributed by atoms with Crippen LogP contribution >= 0.6 is 11.3 Å². The summed E-state index contributed by atoms with van der Waals surface area (Å²) in [4.78, 5) is 12.5. The largest absolute Gasteiger partial charge is 0.355 e. The Morgan fingerprint density at radius 1 is 1.22 bits per heavy atom. The number of fused-ring (bicyclic) bond motifs is 1. The summed E-state index contributed by atoms with van der Waals surface area (Å²) < 4.78 is 14.3. The zero-order valence-corrected chi connectivity index (χ0v) is 13.8. The molecule has 1 atom stereocenters. The SMILES string of the molecule is C[C@H]1CCCN(c2ncnc3cc(-c4ccc(F)cc4)sc23)C1. The normalized spacial score (nSPS) is 18.5. The second-order valence-corrected chi connectivity index (χ2v) is 7.27. The summed E-state index contributed by atoms with van der Waals surface area (Å²) in [5.74, 6) is 1.53. The lowest BCUT2D eigenvalue weighted by Gasteiger charge is -2.31. The summed E-state index contributed by atoms with van der Waals surface area (Å²) in [6.45, 7) is 4.40. The Kier molecular flexibility index (Phi) is 3.73. The van der Waals surface area contributed by atoms with Crippen LogP contribution in [0.4, 0.5) is 10.2 Å². The molecule has 0 N–H and O–H groups in total. The topological polar surface area (TPSA) is 29.0 Å². The minimum Gasteiger partial charge on any atom is -0.355 e. The fourth-order valence-corrected chi connectivity index (χ4v) is 4.34. The van der Waals surface area contributed by atoms with Gasteiger partial charge in [-0.3, -0.25) is 0 Å². The quantitative estimate of drug-likeness (QED) is 0.681. The van der Waals surface area contributed by atoms with E-state index in [1.165, 1.54) is 25.0 Å². The van der Waals surface area contributed by atoms with Gasteiger partial charge in [0.2, 0.25) is 0 Å². The van der Waals surface area contributed by atoms with Crippen LogP contribution in [0.25, 0.3) is 20.7 Å². The van der Waals surface area contributed by atoms with Crippen LogP contribution in [0.3, 0.4) is 0 Å². The van der Waals surface area contributed by atoms with Crippen molar-refractivity contribution in [1.82, 2.24) is 9.97 Å². The molecule has 1 aliphatic rings. The van der Waals surface area contributed by atoms with Crippen LogP contribution in [0.5, 0.6) is 0 Å². The molecule has 1 aliphatic heterocycles. The molecule has 0 aliphatic carbocycles. The van der Waals surface area contributed by atoms with E-state index < -0.39 is 0 Å². The fraction of sp³-hybridized carbons (Fsp3) is 0.333. The van der Waals surface area contributed by atoms with Crippen molar-refractivity contribution in [3.63, 3.8) is 0 Å². The summed E-state index contributed by atoms with van der Waals surface area (Å²) in [6.07, 6.45) is 4.15. The van der Waals surface area contributed by atoms with Crippen molar-refractivity contribution < 1.29 is 4.39 Å². The molecule has 0 saturated carbocycles. The Morgan fingerprint density at radius 2 is 2.04 bits per heavy atom. The summed E-state index contributed by atoms with van der Waals surface area (Å²) in [5, 5.41) is 0. The number of thiophene rings is 1. The molecule has 2 aromatic heterocycles. The first-order valence-corrected chi connectivity index (χ1v) is 8.78. The number of hydrogen-bond donors (Lipinski definition) is 0. The predicted molar refractivity (Wildman–Crippen MR) is 93.4 cm³/mol. The highest BCUT2D eigenvalue weighted by molar-refractivity contribution is 7.22. The van der Waals surface area contributed by atoms with E-state index in [4.69, 9.17) is 0 Å². The van der Waals surface area contributed by atoms with E-state index in [9.17, 15) is 4.39 Å². The Hall–Kier alpha value is -2.01. The predicted octanol–water partition coefficient (Wildman–Crippen LogP) is 4.73. The van der Waals surface area contributed by atoms with Crippen LogP contribution in [0.1, 0.15) is 19.8 Å². The van der Waals surface area contributed by atoms with Crippen LogP contribution in [-0.4, -0.2) is 23.1 Å². The third kappa shape index (κ3) is 2.81. The zero-order chi connectivity index (χ0) is 15.8. The first-order chi connectivity index (χ1) is 11.2. The molecule has 1 aromatic carbocycles. The van der Waals surface area contributed by atoms with E-state index in [1.54, 1.807) is 17.7 Å². The van der Waals surface area contributed by atoms with Gasteiger partial charge in [-0.2, -0.15) is 0 Å². The molecule has 0 spiro atoms. The van der Waals surface area contributed by atoms with Gasteiger partial charge in [0, 0.05) is 18.0 Å². The monoisotopic (exact) mass is 327 g/mol. The van der Waals surface area contributed by atoms with Crippen molar-refractivity contribution in [2.24, 2.45) is 5.92 Å². The average Bonchev–Trinajstić information content (AvgIpc) is 2.99. The molecule has 3 aromatic rings. The average molecular weight is 327 g/mol. The van der Waals surface area contributed by atoms with E-state index >= 15 is 0 Å². The van der Waals surface area contributed by atoms with Gasteiger partial charge in [0.25, 0.3) is 0 Å². The summed E-state index contributed by atoms with van der Waals surface area (Å²) in [6, 6.07) is 8.70. The summed E-state index contributed by atoms with van der Waals surface area (Å²) >= 11 is 1.69. The molecule has 23 heavy (non-hydrogen) atoms. The molecule has 118 valence electrons. The molecule has 1 saturated heterocycles. The molecule has 0 radical (unpaired) electrons. The van der Waals surface area contributed by atoms with Crippen molar-refractivity contribution in [2.45, 2.75) is 19.8 Å². The standard InChI is InChI=1S/C18H18FN3S/c1-12-3-2-8-22(10-12)18-17-15(20-11-21-18)9-16(23-17)13-4-6-14(19)7-5-13/h4-7,9,11-12H,2-3,8,10H2,1H3/t12-/m0/s1. The zero-order valence-electron chi connectivity index (χ0n) is 13.0. The van der Waals surface area contributed by atoms with E-state index in [0.717, 1.165) is 39.6 Å². The van der Waals surface area contributed by atoms with Gasteiger partial charge in [0.05, 0.1) is 10.2 Å². The van der Waals surface area contributed by atoms with Crippen LogP contribution in [0.15, 0.2) is 36.7 Å². The molecule has 0 bridgehead atoms. The Bertz CT molecular complexity index is 828. The maximum Gasteiger partial charge on any atom is 0.150 e. The van der Waals surface area contributed by atoms with Gasteiger partial charge in [0.1, 0.15) is 18.0 Å². The maximum absolute atomic E-state index is 13.1. The second-order valence-electron chi connectivity index (χ2n) is 6.22.